The van der Waals surface area contributed by atoms with Gasteiger partial charge in [-0.25, -0.2) is 0 Å². The smallest absolute Gasteiger partial charge is 0.230 e. The summed E-state index contributed by atoms with van der Waals surface area (Å²) in [6.45, 7) is 0. The molecular formula is C15H9BrClNO2. The Labute approximate surface area is 128 Å². The maximum absolute atomic E-state index is 12.4. The fourth-order valence-electron chi connectivity index (χ4n) is 1.98. The minimum absolute atomic E-state index is 0.243. The van der Waals surface area contributed by atoms with Crippen LogP contribution in [0.4, 0.5) is 5.69 Å². The molecule has 0 fully saturated rings. The first-order valence-electron chi connectivity index (χ1n) is 5.83. The van der Waals surface area contributed by atoms with Crippen molar-refractivity contribution in [2.45, 2.75) is 0 Å². The van der Waals surface area contributed by atoms with Crippen LogP contribution in [0, 0.1) is 0 Å². The molecule has 5 heteroatoms. The molecule has 0 atom stereocenters. The van der Waals surface area contributed by atoms with Gasteiger partial charge in [0.1, 0.15) is 5.58 Å². The Balaban J connectivity index is 2.10. The highest BCUT2D eigenvalue weighted by Gasteiger charge is 2.17. The monoisotopic (exact) mass is 349 g/mol. The highest BCUT2D eigenvalue weighted by Crippen LogP contribution is 2.27. The van der Waals surface area contributed by atoms with Gasteiger partial charge in [0.25, 0.3) is 0 Å². The minimum Gasteiger partial charge on any atom is -0.453 e. The number of halogens is 2. The van der Waals surface area contributed by atoms with Gasteiger partial charge in [0.15, 0.2) is 5.76 Å². The van der Waals surface area contributed by atoms with Gasteiger partial charge in [-0.15, -0.1) is 0 Å². The fraction of sp³-hybridized carbons (Fsp3) is 0. The Morgan fingerprint density at radius 2 is 1.95 bits per heavy atom. The first-order chi connectivity index (χ1) is 9.54. The van der Waals surface area contributed by atoms with E-state index in [0.717, 1.165) is 9.86 Å². The number of rotatable bonds is 2. The average molecular weight is 351 g/mol. The highest BCUT2D eigenvalue weighted by molar-refractivity contribution is 9.10. The molecule has 0 saturated carbocycles. The van der Waals surface area contributed by atoms with Crippen LogP contribution in [0.5, 0.6) is 0 Å². The molecule has 0 amide bonds. The summed E-state index contributed by atoms with van der Waals surface area (Å²) in [6.07, 6.45) is 0. The van der Waals surface area contributed by atoms with Crippen LogP contribution < -0.4 is 5.73 Å². The molecule has 3 nitrogen and oxygen atoms in total. The quantitative estimate of drug-likeness (QED) is 0.540. The summed E-state index contributed by atoms with van der Waals surface area (Å²) in [7, 11) is 0. The number of hydrogen-bond donors (Lipinski definition) is 1. The van der Waals surface area contributed by atoms with Crippen molar-refractivity contribution in [2.24, 2.45) is 0 Å². The van der Waals surface area contributed by atoms with Gasteiger partial charge in [0, 0.05) is 26.1 Å². The summed E-state index contributed by atoms with van der Waals surface area (Å²) in [5.74, 6) is -0.0109. The van der Waals surface area contributed by atoms with Gasteiger partial charge in [-0.2, -0.15) is 0 Å². The molecule has 2 aromatic carbocycles. The van der Waals surface area contributed by atoms with Crippen LogP contribution in [0.2, 0.25) is 5.02 Å². The Bertz CT molecular complexity index is 826. The van der Waals surface area contributed by atoms with Crippen molar-refractivity contribution < 1.29 is 9.21 Å². The number of fused-ring (bicyclic) bond motifs is 1. The Kier molecular flexibility index (Phi) is 3.28. The second-order valence-corrected chi connectivity index (χ2v) is 5.71. The molecule has 0 aliphatic heterocycles. The molecule has 0 bridgehead atoms. The zero-order valence-electron chi connectivity index (χ0n) is 10.2. The Hall–Kier alpha value is -1.78. The Morgan fingerprint density at radius 3 is 2.75 bits per heavy atom. The lowest BCUT2D eigenvalue weighted by atomic mass is 10.1. The molecule has 1 heterocycles. The molecule has 0 unspecified atom stereocenters. The maximum atomic E-state index is 12.4. The lowest BCUT2D eigenvalue weighted by Gasteiger charge is -2.03. The largest absolute Gasteiger partial charge is 0.453 e. The predicted molar refractivity (Wildman–Crippen MR) is 83.2 cm³/mol. The molecule has 0 aliphatic rings. The number of furan rings is 1. The van der Waals surface area contributed by atoms with E-state index in [0.29, 0.717) is 21.9 Å². The third-order valence-electron chi connectivity index (χ3n) is 2.96. The van der Waals surface area contributed by atoms with Crippen molar-refractivity contribution in [3.8, 4) is 0 Å². The van der Waals surface area contributed by atoms with E-state index in [1.54, 1.807) is 42.5 Å². The van der Waals surface area contributed by atoms with Crippen molar-refractivity contribution in [1.82, 2.24) is 0 Å². The molecule has 3 aromatic rings. The number of ketones is 1. The van der Waals surface area contributed by atoms with Gasteiger partial charge >= 0.3 is 0 Å². The first kappa shape index (κ1) is 13.2. The van der Waals surface area contributed by atoms with Crippen LogP contribution in [0.1, 0.15) is 16.1 Å². The van der Waals surface area contributed by atoms with Crippen LogP contribution in [0.15, 0.2) is 51.4 Å². The molecule has 100 valence electrons. The van der Waals surface area contributed by atoms with Crippen LogP contribution in [-0.2, 0) is 0 Å². The summed E-state index contributed by atoms with van der Waals surface area (Å²) in [6, 6.07) is 12.0. The molecule has 0 aliphatic carbocycles. The number of anilines is 1. The zero-order valence-corrected chi connectivity index (χ0v) is 12.5. The van der Waals surface area contributed by atoms with Crippen LogP contribution >= 0.6 is 27.5 Å². The summed E-state index contributed by atoms with van der Waals surface area (Å²) in [4.78, 5) is 12.4. The second-order valence-electron chi connectivity index (χ2n) is 4.35. The van der Waals surface area contributed by atoms with Crippen molar-refractivity contribution in [3.05, 3.63) is 63.3 Å². The summed E-state index contributed by atoms with van der Waals surface area (Å²) < 4.78 is 6.34. The molecule has 20 heavy (non-hydrogen) atoms. The number of benzene rings is 2. The van der Waals surface area contributed by atoms with Crippen LogP contribution in [0.3, 0.4) is 0 Å². The molecule has 1 aromatic heterocycles. The predicted octanol–water partition coefficient (Wildman–Crippen LogP) is 4.66. The number of hydrogen-bond acceptors (Lipinski definition) is 3. The van der Waals surface area contributed by atoms with Crippen molar-refractivity contribution in [3.63, 3.8) is 0 Å². The molecular weight excluding hydrogens is 342 g/mol. The van der Waals surface area contributed by atoms with Gasteiger partial charge in [-0.05, 0) is 42.5 Å². The lowest BCUT2D eigenvalue weighted by Crippen LogP contribution is -2.04. The first-order valence-corrected chi connectivity index (χ1v) is 7.00. The van der Waals surface area contributed by atoms with E-state index in [1.165, 1.54) is 0 Å². The van der Waals surface area contributed by atoms with Gasteiger partial charge in [-0.3, -0.25) is 4.79 Å². The van der Waals surface area contributed by atoms with E-state index < -0.39 is 0 Å². The fourth-order valence-corrected chi connectivity index (χ4v) is 2.53. The number of carbonyl (C=O) groups is 1. The van der Waals surface area contributed by atoms with Gasteiger partial charge < -0.3 is 10.2 Å². The molecule has 3 rings (SSSR count). The van der Waals surface area contributed by atoms with Crippen molar-refractivity contribution >= 4 is 50.0 Å². The van der Waals surface area contributed by atoms with E-state index in [4.69, 9.17) is 21.8 Å². The number of nitrogens with two attached hydrogens (primary N) is 1. The third-order valence-corrected chi connectivity index (χ3v) is 3.69. The second kappa shape index (κ2) is 4.96. The van der Waals surface area contributed by atoms with Gasteiger partial charge in [0.05, 0.1) is 0 Å². The normalized spacial score (nSPS) is 10.9. The summed E-state index contributed by atoms with van der Waals surface area (Å²) in [5.41, 5.74) is 7.28. The maximum Gasteiger partial charge on any atom is 0.230 e. The van der Waals surface area contributed by atoms with Crippen molar-refractivity contribution in [2.75, 3.05) is 5.73 Å². The number of nitrogen functional groups attached to an aromatic ring is 1. The highest BCUT2D eigenvalue weighted by atomic mass is 79.9. The van der Waals surface area contributed by atoms with E-state index >= 15 is 0 Å². The standard InChI is InChI=1S/C15H9BrClNO2/c16-9-1-3-12(18)11(7-9)15(19)14-6-8-5-10(17)2-4-13(8)20-14/h1-7H,18H2. The van der Waals surface area contributed by atoms with Crippen molar-refractivity contribution in [1.29, 1.82) is 0 Å². The zero-order chi connectivity index (χ0) is 14.3. The van der Waals surface area contributed by atoms with E-state index in [1.807, 2.05) is 0 Å². The minimum atomic E-state index is -0.254. The number of carbonyl (C=O) groups excluding carboxylic acids is 1. The lowest BCUT2D eigenvalue weighted by molar-refractivity contribution is 0.101. The average Bonchev–Trinajstić information content (AvgIpc) is 2.83. The molecule has 2 N–H and O–H groups in total. The summed E-state index contributed by atoms with van der Waals surface area (Å²) >= 11 is 9.24. The van der Waals surface area contributed by atoms with Crippen LogP contribution in [-0.4, -0.2) is 5.78 Å². The van der Waals surface area contributed by atoms with Gasteiger partial charge in [0.2, 0.25) is 5.78 Å². The third kappa shape index (κ3) is 2.32. The van der Waals surface area contributed by atoms with Crippen LogP contribution in [0.25, 0.3) is 11.0 Å². The summed E-state index contributed by atoms with van der Waals surface area (Å²) in [5, 5.41) is 1.38. The van der Waals surface area contributed by atoms with Gasteiger partial charge in [-0.1, -0.05) is 27.5 Å². The Morgan fingerprint density at radius 1 is 1.15 bits per heavy atom. The molecule has 0 saturated heterocycles. The molecule has 0 radical (unpaired) electrons. The van der Waals surface area contributed by atoms with E-state index in [2.05, 4.69) is 15.9 Å². The topological polar surface area (TPSA) is 56.2 Å². The van der Waals surface area contributed by atoms with E-state index in [9.17, 15) is 4.79 Å². The SMILES string of the molecule is Nc1ccc(Br)cc1C(=O)c1cc2cc(Cl)ccc2o1. The van der Waals surface area contributed by atoms with E-state index in [-0.39, 0.29) is 11.5 Å². The molecule has 0 spiro atoms.